The summed E-state index contributed by atoms with van der Waals surface area (Å²) in [5.74, 6) is -1.17. The number of rotatable bonds is 5. The number of piperazine rings is 1. The van der Waals surface area contributed by atoms with Crippen molar-refractivity contribution in [2.45, 2.75) is 6.92 Å². The molecule has 1 aliphatic rings. The van der Waals surface area contributed by atoms with Crippen molar-refractivity contribution in [3.05, 3.63) is 64.8 Å². The molecule has 0 bridgehead atoms. The zero-order valence-corrected chi connectivity index (χ0v) is 17.9. The second-order valence-electron chi connectivity index (χ2n) is 7.60. The fraction of sp³-hybridized carbons (Fsp3) is 0.261. The van der Waals surface area contributed by atoms with Gasteiger partial charge in [0, 0.05) is 42.8 Å². The van der Waals surface area contributed by atoms with Gasteiger partial charge in [-0.25, -0.2) is 0 Å². The molecule has 0 unspecified atom stereocenters. The minimum Gasteiger partial charge on any atom is -0.358 e. The summed E-state index contributed by atoms with van der Waals surface area (Å²) in [6.07, 6.45) is 0. The van der Waals surface area contributed by atoms with Gasteiger partial charge in [0.05, 0.1) is 22.8 Å². The maximum Gasteiger partial charge on any atom is 0.295 e. The van der Waals surface area contributed by atoms with Gasteiger partial charge in [-0.3, -0.25) is 19.3 Å². The van der Waals surface area contributed by atoms with Gasteiger partial charge < -0.3 is 15.2 Å². The number of benzene rings is 2. The van der Waals surface area contributed by atoms with Crippen LogP contribution in [0.1, 0.15) is 16.1 Å². The molecule has 2 N–H and O–H groups in total. The van der Waals surface area contributed by atoms with Crippen LogP contribution in [-0.2, 0) is 9.59 Å². The number of carbonyl (C=O) groups excluding carboxylic acids is 3. The molecule has 160 valence electrons. The van der Waals surface area contributed by atoms with Gasteiger partial charge in [0.15, 0.2) is 0 Å². The van der Waals surface area contributed by atoms with E-state index in [1.165, 1.54) is 0 Å². The van der Waals surface area contributed by atoms with E-state index in [4.69, 9.17) is 11.6 Å². The lowest BCUT2D eigenvalue weighted by atomic mass is 10.1. The van der Waals surface area contributed by atoms with Crippen molar-refractivity contribution in [1.82, 2.24) is 14.8 Å². The average molecular weight is 439 g/mol. The van der Waals surface area contributed by atoms with Crippen LogP contribution in [0, 0.1) is 6.92 Å². The number of para-hydroxylation sites is 2. The maximum absolute atomic E-state index is 12.9. The van der Waals surface area contributed by atoms with Crippen molar-refractivity contribution >= 4 is 45.8 Å². The molecule has 1 aliphatic heterocycles. The summed E-state index contributed by atoms with van der Waals surface area (Å²) in [5, 5.41) is 4.04. The van der Waals surface area contributed by atoms with Crippen LogP contribution in [0.15, 0.2) is 48.5 Å². The molecule has 0 aliphatic carbocycles. The highest BCUT2D eigenvalue weighted by Crippen LogP contribution is 2.23. The molecule has 2 amide bonds. The SMILES string of the molecule is Cc1[nH]c2ccccc2c1C(=O)C(=O)N1CCN(CC(=O)Nc2ccccc2Cl)CC1. The van der Waals surface area contributed by atoms with Gasteiger partial charge in [-0.05, 0) is 25.1 Å². The molecular weight excluding hydrogens is 416 g/mol. The molecule has 1 saturated heterocycles. The van der Waals surface area contributed by atoms with E-state index in [1.54, 1.807) is 36.1 Å². The Kier molecular flexibility index (Phi) is 6.06. The molecule has 0 atom stereocenters. The van der Waals surface area contributed by atoms with Crippen LogP contribution < -0.4 is 5.32 Å². The normalized spacial score (nSPS) is 14.6. The number of hydrogen-bond acceptors (Lipinski definition) is 4. The Labute approximate surface area is 185 Å². The standard InChI is InChI=1S/C23H23ClN4O3/c1-15-21(16-6-2-4-8-18(16)25-15)22(30)23(31)28-12-10-27(11-13-28)14-20(29)26-19-9-5-3-7-17(19)24/h2-9,25H,10-14H2,1H3,(H,26,29). The van der Waals surface area contributed by atoms with Crippen LogP contribution in [0.25, 0.3) is 10.9 Å². The number of nitrogens with one attached hydrogen (secondary N) is 2. The fourth-order valence-electron chi connectivity index (χ4n) is 3.88. The zero-order valence-electron chi connectivity index (χ0n) is 17.2. The van der Waals surface area contributed by atoms with E-state index < -0.39 is 11.7 Å². The highest BCUT2D eigenvalue weighted by atomic mass is 35.5. The van der Waals surface area contributed by atoms with E-state index >= 15 is 0 Å². The molecule has 1 fully saturated rings. The fourth-order valence-corrected chi connectivity index (χ4v) is 4.07. The first-order valence-electron chi connectivity index (χ1n) is 10.1. The Hall–Kier alpha value is -3.16. The Balaban J connectivity index is 1.34. The second kappa shape index (κ2) is 8.91. The number of Topliss-reactive ketones (excluding diaryl/α,β-unsaturated/α-hetero) is 1. The number of hydrogen-bond donors (Lipinski definition) is 2. The van der Waals surface area contributed by atoms with Crippen molar-refractivity contribution in [3.63, 3.8) is 0 Å². The number of ketones is 1. The summed E-state index contributed by atoms with van der Waals surface area (Å²) in [5.41, 5.74) is 2.53. The maximum atomic E-state index is 12.9. The Morgan fingerprint density at radius 1 is 1.00 bits per heavy atom. The molecule has 0 spiro atoms. The molecule has 3 aromatic rings. The third kappa shape index (κ3) is 4.47. The third-order valence-corrected chi connectivity index (χ3v) is 5.82. The average Bonchev–Trinajstić information content (AvgIpc) is 3.10. The lowest BCUT2D eigenvalue weighted by Crippen LogP contribution is -2.52. The van der Waals surface area contributed by atoms with Gasteiger partial charge in [-0.2, -0.15) is 0 Å². The van der Waals surface area contributed by atoms with Gasteiger partial charge in [-0.15, -0.1) is 0 Å². The van der Waals surface area contributed by atoms with Crippen LogP contribution in [0.4, 0.5) is 5.69 Å². The van der Waals surface area contributed by atoms with Crippen molar-refractivity contribution in [2.75, 3.05) is 38.0 Å². The van der Waals surface area contributed by atoms with Crippen LogP contribution in [0.2, 0.25) is 5.02 Å². The number of carbonyl (C=O) groups is 3. The van der Waals surface area contributed by atoms with Crippen molar-refractivity contribution in [1.29, 1.82) is 0 Å². The summed E-state index contributed by atoms with van der Waals surface area (Å²) in [6.45, 7) is 3.82. The molecule has 2 aromatic carbocycles. The van der Waals surface area contributed by atoms with E-state index in [-0.39, 0.29) is 12.5 Å². The summed E-state index contributed by atoms with van der Waals surface area (Å²) < 4.78 is 0. The van der Waals surface area contributed by atoms with Crippen molar-refractivity contribution < 1.29 is 14.4 Å². The largest absolute Gasteiger partial charge is 0.358 e. The lowest BCUT2D eigenvalue weighted by Gasteiger charge is -2.33. The van der Waals surface area contributed by atoms with Gasteiger partial charge in [-0.1, -0.05) is 41.9 Å². The highest BCUT2D eigenvalue weighted by molar-refractivity contribution is 6.45. The third-order valence-electron chi connectivity index (χ3n) is 5.49. The quantitative estimate of drug-likeness (QED) is 0.473. The molecule has 8 heteroatoms. The smallest absolute Gasteiger partial charge is 0.295 e. The molecule has 7 nitrogen and oxygen atoms in total. The molecule has 4 rings (SSSR count). The van der Waals surface area contributed by atoms with E-state index in [0.29, 0.717) is 48.1 Å². The lowest BCUT2D eigenvalue weighted by molar-refractivity contribution is -0.128. The summed E-state index contributed by atoms with van der Waals surface area (Å²) in [4.78, 5) is 44.8. The number of aromatic amines is 1. The zero-order chi connectivity index (χ0) is 22.0. The number of anilines is 1. The number of fused-ring (bicyclic) bond motifs is 1. The second-order valence-corrected chi connectivity index (χ2v) is 8.00. The van der Waals surface area contributed by atoms with Gasteiger partial charge in [0.25, 0.3) is 11.7 Å². The summed E-state index contributed by atoms with van der Waals surface area (Å²) in [7, 11) is 0. The molecule has 1 aromatic heterocycles. The number of H-pyrrole nitrogens is 1. The number of amides is 2. The number of aryl methyl sites for hydroxylation is 1. The van der Waals surface area contributed by atoms with Crippen LogP contribution >= 0.6 is 11.6 Å². The van der Waals surface area contributed by atoms with Crippen LogP contribution in [0.5, 0.6) is 0 Å². The number of halogens is 1. The Bertz CT molecular complexity index is 1150. The van der Waals surface area contributed by atoms with Crippen LogP contribution in [-0.4, -0.2) is 65.1 Å². The van der Waals surface area contributed by atoms with E-state index in [2.05, 4.69) is 10.3 Å². The first kappa shape index (κ1) is 21.1. The monoisotopic (exact) mass is 438 g/mol. The predicted octanol–water partition coefficient (Wildman–Crippen LogP) is 3.10. The van der Waals surface area contributed by atoms with Gasteiger partial charge in [0.1, 0.15) is 0 Å². The molecule has 0 radical (unpaired) electrons. The Morgan fingerprint density at radius 3 is 2.42 bits per heavy atom. The first-order valence-corrected chi connectivity index (χ1v) is 10.5. The minimum absolute atomic E-state index is 0.168. The van der Waals surface area contributed by atoms with Gasteiger partial charge >= 0.3 is 0 Å². The van der Waals surface area contributed by atoms with Crippen molar-refractivity contribution in [3.8, 4) is 0 Å². The molecule has 0 saturated carbocycles. The Morgan fingerprint density at radius 2 is 1.68 bits per heavy atom. The summed E-state index contributed by atoms with van der Waals surface area (Å²) in [6, 6.07) is 14.5. The van der Waals surface area contributed by atoms with Crippen LogP contribution in [0.3, 0.4) is 0 Å². The highest BCUT2D eigenvalue weighted by Gasteiger charge is 2.30. The van der Waals surface area contributed by atoms with Crippen molar-refractivity contribution in [2.24, 2.45) is 0 Å². The van der Waals surface area contributed by atoms with E-state index in [9.17, 15) is 14.4 Å². The predicted molar refractivity (Wildman–Crippen MR) is 120 cm³/mol. The topological polar surface area (TPSA) is 85.5 Å². The first-order chi connectivity index (χ1) is 14.9. The molecular formula is C23H23ClN4O3. The minimum atomic E-state index is -0.506. The van der Waals surface area contributed by atoms with E-state index in [1.807, 2.05) is 29.2 Å². The molecule has 2 heterocycles. The number of aromatic nitrogens is 1. The van der Waals surface area contributed by atoms with E-state index in [0.717, 1.165) is 10.9 Å². The molecule has 31 heavy (non-hydrogen) atoms. The van der Waals surface area contributed by atoms with Gasteiger partial charge in [0.2, 0.25) is 5.91 Å². The summed E-state index contributed by atoms with van der Waals surface area (Å²) >= 11 is 6.08. The number of nitrogens with zero attached hydrogens (tertiary/aromatic N) is 2.